The number of thiazole rings is 1. The molecule has 1 aliphatic heterocycles. The van der Waals surface area contributed by atoms with Crippen LogP contribution in [0.4, 0.5) is 11.5 Å². The molecule has 0 saturated heterocycles. The number of carbonyl (C=O) groups is 2. The number of pyridine rings is 2. The monoisotopic (exact) mass is 436 g/mol. The van der Waals surface area contributed by atoms with Crippen LogP contribution in [-0.2, 0) is 17.9 Å². The summed E-state index contributed by atoms with van der Waals surface area (Å²) >= 11 is 1.48. The highest BCUT2D eigenvalue weighted by Gasteiger charge is 2.28. The molecule has 0 saturated carbocycles. The van der Waals surface area contributed by atoms with E-state index >= 15 is 0 Å². The molecule has 0 bridgehead atoms. The first-order chi connectivity index (χ1) is 15.1. The third-order valence-corrected chi connectivity index (χ3v) is 5.99. The van der Waals surface area contributed by atoms with E-state index in [1.54, 1.807) is 33.8 Å². The molecular formula is C22H24N6O2S. The van der Waals surface area contributed by atoms with Gasteiger partial charge in [0, 0.05) is 23.8 Å². The highest BCUT2D eigenvalue weighted by Crippen LogP contribution is 2.30. The zero-order valence-corrected chi connectivity index (χ0v) is 18.3. The second kappa shape index (κ2) is 9.22. The molecule has 0 aliphatic carbocycles. The van der Waals surface area contributed by atoms with Gasteiger partial charge in [0.2, 0.25) is 5.91 Å². The number of nitrogens with zero attached hydrogens (tertiary/aromatic N) is 5. The standard InChI is InChI=1S/C22H24N6O2S/c1-3-15(2)27(11-17-6-4-5-7-23-17)22(30)16-8-19-21(24-9-16)25-10-20(29)28(19)12-18-13-31-14-26-18/h4-9,13-15H,3,10-12H2,1-2H3,(H,24,25). The van der Waals surface area contributed by atoms with Crippen LogP contribution in [0.1, 0.15) is 42.0 Å². The first kappa shape index (κ1) is 20.9. The van der Waals surface area contributed by atoms with E-state index < -0.39 is 0 Å². The van der Waals surface area contributed by atoms with Crippen LogP contribution in [0.3, 0.4) is 0 Å². The quantitative estimate of drug-likeness (QED) is 0.611. The van der Waals surface area contributed by atoms with Crippen LogP contribution >= 0.6 is 11.3 Å². The first-order valence-electron chi connectivity index (χ1n) is 10.2. The summed E-state index contributed by atoms with van der Waals surface area (Å²) in [6.45, 7) is 4.99. The van der Waals surface area contributed by atoms with Crippen molar-refractivity contribution in [3.63, 3.8) is 0 Å². The number of hydrogen-bond donors (Lipinski definition) is 1. The van der Waals surface area contributed by atoms with Crippen LogP contribution in [0.5, 0.6) is 0 Å². The highest BCUT2D eigenvalue weighted by atomic mass is 32.1. The Morgan fingerprint density at radius 2 is 2.16 bits per heavy atom. The first-order valence-corrected chi connectivity index (χ1v) is 11.1. The third-order valence-electron chi connectivity index (χ3n) is 5.36. The molecule has 31 heavy (non-hydrogen) atoms. The third kappa shape index (κ3) is 4.56. The Morgan fingerprint density at radius 1 is 1.29 bits per heavy atom. The summed E-state index contributed by atoms with van der Waals surface area (Å²) in [7, 11) is 0. The Labute approximate surface area is 185 Å². The van der Waals surface area contributed by atoms with Crippen molar-refractivity contribution < 1.29 is 9.59 Å². The van der Waals surface area contributed by atoms with Gasteiger partial charge < -0.3 is 15.1 Å². The lowest BCUT2D eigenvalue weighted by Gasteiger charge is -2.31. The van der Waals surface area contributed by atoms with Crippen molar-refractivity contribution in [2.45, 2.75) is 39.4 Å². The van der Waals surface area contributed by atoms with Crippen LogP contribution in [0.2, 0.25) is 0 Å². The summed E-state index contributed by atoms with van der Waals surface area (Å²) in [6.07, 6.45) is 4.11. The summed E-state index contributed by atoms with van der Waals surface area (Å²) in [4.78, 5) is 42.6. The second-order valence-electron chi connectivity index (χ2n) is 7.42. The van der Waals surface area contributed by atoms with Crippen LogP contribution in [0.25, 0.3) is 0 Å². The summed E-state index contributed by atoms with van der Waals surface area (Å²) in [5.41, 5.74) is 4.40. The van der Waals surface area contributed by atoms with Gasteiger partial charge in [0.05, 0.1) is 47.8 Å². The van der Waals surface area contributed by atoms with Gasteiger partial charge in [-0.2, -0.15) is 0 Å². The Bertz CT molecular complexity index is 1060. The average Bonchev–Trinajstić information content (AvgIpc) is 3.32. The molecule has 4 rings (SSSR count). The number of carbonyl (C=O) groups excluding carboxylic acids is 2. The van der Waals surface area contributed by atoms with Gasteiger partial charge in [-0.1, -0.05) is 13.0 Å². The molecule has 1 atom stereocenters. The zero-order chi connectivity index (χ0) is 21.8. The van der Waals surface area contributed by atoms with E-state index in [1.165, 1.54) is 11.3 Å². The Morgan fingerprint density at radius 3 is 2.87 bits per heavy atom. The molecule has 8 nitrogen and oxygen atoms in total. The van der Waals surface area contributed by atoms with E-state index in [0.717, 1.165) is 17.8 Å². The fourth-order valence-electron chi connectivity index (χ4n) is 3.43. The fraction of sp³-hybridized carbons (Fsp3) is 0.318. The van der Waals surface area contributed by atoms with Gasteiger partial charge in [0.15, 0.2) is 5.82 Å². The maximum absolute atomic E-state index is 13.5. The lowest BCUT2D eigenvalue weighted by atomic mass is 10.1. The minimum atomic E-state index is -0.137. The van der Waals surface area contributed by atoms with E-state index in [1.807, 2.05) is 37.4 Å². The normalized spacial score (nSPS) is 14.0. The summed E-state index contributed by atoms with van der Waals surface area (Å²) in [5.74, 6) is 0.368. The molecule has 0 fully saturated rings. The van der Waals surface area contributed by atoms with Crippen LogP contribution in [-0.4, -0.2) is 44.3 Å². The molecule has 0 spiro atoms. The molecule has 1 aliphatic rings. The van der Waals surface area contributed by atoms with Crippen LogP contribution < -0.4 is 10.2 Å². The van der Waals surface area contributed by atoms with Gasteiger partial charge in [-0.05, 0) is 31.5 Å². The van der Waals surface area contributed by atoms with Gasteiger partial charge in [0.1, 0.15) is 0 Å². The smallest absolute Gasteiger partial charge is 0.256 e. The molecule has 0 radical (unpaired) electrons. The number of rotatable bonds is 7. The lowest BCUT2D eigenvalue weighted by molar-refractivity contribution is -0.117. The number of aromatic nitrogens is 3. The van der Waals surface area contributed by atoms with Crippen LogP contribution in [0, 0.1) is 0 Å². The molecule has 160 valence electrons. The summed E-state index contributed by atoms with van der Waals surface area (Å²) in [6, 6.07) is 7.44. The van der Waals surface area contributed by atoms with Gasteiger partial charge in [0.25, 0.3) is 5.91 Å². The van der Waals surface area contributed by atoms with Crippen LogP contribution in [0.15, 0.2) is 47.5 Å². The van der Waals surface area contributed by atoms with E-state index in [2.05, 4.69) is 20.3 Å². The largest absolute Gasteiger partial charge is 0.359 e. The maximum atomic E-state index is 13.5. The van der Waals surface area contributed by atoms with Gasteiger partial charge >= 0.3 is 0 Å². The SMILES string of the molecule is CCC(C)N(Cc1ccccn1)C(=O)c1cnc2c(c1)N(Cc1cscn1)C(=O)CN2. The van der Waals surface area contributed by atoms with Gasteiger partial charge in [-0.3, -0.25) is 14.6 Å². The van der Waals surface area contributed by atoms with Crippen molar-refractivity contribution in [2.75, 3.05) is 16.8 Å². The van der Waals surface area contributed by atoms with Gasteiger partial charge in [-0.15, -0.1) is 11.3 Å². The Kier molecular flexibility index (Phi) is 6.22. The van der Waals surface area contributed by atoms with E-state index in [4.69, 9.17) is 0 Å². The molecule has 2 amide bonds. The molecule has 4 heterocycles. The highest BCUT2D eigenvalue weighted by molar-refractivity contribution is 7.07. The maximum Gasteiger partial charge on any atom is 0.256 e. The lowest BCUT2D eigenvalue weighted by Crippen LogP contribution is -2.41. The molecule has 3 aromatic heterocycles. The van der Waals surface area contributed by atoms with Crippen molar-refractivity contribution in [3.05, 3.63) is 64.5 Å². The number of amides is 2. The molecule has 9 heteroatoms. The second-order valence-corrected chi connectivity index (χ2v) is 8.14. The molecule has 0 aromatic carbocycles. The van der Waals surface area contributed by atoms with E-state index in [-0.39, 0.29) is 24.4 Å². The number of nitrogens with one attached hydrogen (secondary N) is 1. The van der Waals surface area contributed by atoms with Crippen molar-refractivity contribution >= 4 is 34.7 Å². The van der Waals surface area contributed by atoms with Crippen molar-refractivity contribution in [1.29, 1.82) is 0 Å². The molecular weight excluding hydrogens is 412 g/mol. The number of anilines is 2. The van der Waals surface area contributed by atoms with Crippen molar-refractivity contribution in [1.82, 2.24) is 19.9 Å². The van der Waals surface area contributed by atoms with Crippen molar-refractivity contribution in [2.24, 2.45) is 0 Å². The summed E-state index contributed by atoms with van der Waals surface area (Å²) in [5, 5.41) is 4.95. The predicted octanol–water partition coefficient (Wildman–Crippen LogP) is 3.33. The predicted molar refractivity (Wildman–Crippen MR) is 120 cm³/mol. The van der Waals surface area contributed by atoms with Crippen molar-refractivity contribution in [3.8, 4) is 0 Å². The Hall–Kier alpha value is -3.33. The Balaban J connectivity index is 1.64. The molecule has 3 aromatic rings. The number of fused-ring (bicyclic) bond motifs is 1. The molecule has 1 N–H and O–H groups in total. The minimum absolute atomic E-state index is 0.0244. The zero-order valence-electron chi connectivity index (χ0n) is 17.5. The topological polar surface area (TPSA) is 91.3 Å². The average molecular weight is 437 g/mol. The van der Waals surface area contributed by atoms with E-state index in [0.29, 0.717) is 30.2 Å². The molecule has 1 unspecified atom stereocenters. The minimum Gasteiger partial charge on any atom is -0.359 e. The summed E-state index contributed by atoms with van der Waals surface area (Å²) < 4.78 is 0. The fourth-order valence-corrected chi connectivity index (χ4v) is 3.98. The van der Waals surface area contributed by atoms with E-state index in [9.17, 15) is 9.59 Å². The number of hydrogen-bond acceptors (Lipinski definition) is 7. The van der Waals surface area contributed by atoms with Gasteiger partial charge in [-0.25, -0.2) is 9.97 Å².